The van der Waals surface area contributed by atoms with E-state index in [0.29, 0.717) is 5.88 Å². The maximum Gasteiger partial charge on any atom is 0.165 e. The predicted molar refractivity (Wildman–Crippen MR) is 72.3 cm³/mol. The van der Waals surface area contributed by atoms with E-state index in [9.17, 15) is 4.39 Å². The largest absolute Gasteiger partial charge is 0.357 e. The molecule has 2 aromatic rings. The third kappa shape index (κ3) is 2.62. The number of anilines is 1. The molecule has 1 aromatic heterocycles. The Kier molecular flexibility index (Phi) is 3.82. The van der Waals surface area contributed by atoms with Crippen LogP contribution in [0.15, 0.2) is 48.7 Å². The molecular weight excluding hydrogens is 251 g/mol. The molecule has 0 aliphatic carbocycles. The monoisotopic (exact) mass is 264 g/mol. The molecule has 1 atom stereocenters. The van der Waals surface area contributed by atoms with E-state index in [1.807, 2.05) is 37.3 Å². The SMILES string of the molecule is CC(CCl)(Nc1ncccc1F)c1ccccc1. The Labute approximate surface area is 111 Å². The van der Waals surface area contributed by atoms with Crippen molar-refractivity contribution < 1.29 is 4.39 Å². The number of pyridine rings is 1. The van der Waals surface area contributed by atoms with E-state index in [1.54, 1.807) is 12.3 Å². The van der Waals surface area contributed by atoms with Crippen LogP contribution in [-0.2, 0) is 5.54 Å². The van der Waals surface area contributed by atoms with Crippen LogP contribution >= 0.6 is 11.6 Å². The molecule has 2 nitrogen and oxygen atoms in total. The fraction of sp³-hybridized carbons (Fsp3) is 0.214. The van der Waals surface area contributed by atoms with Gasteiger partial charge in [0, 0.05) is 12.1 Å². The van der Waals surface area contributed by atoms with Crippen molar-refractivity contribution in [3.05, 3.63) is 60.0 Å². The Bertz CT molecular complexity index is 518. The second-order valence-electron chi connectivity index (χ2n) is 4.29. The zero-order chi connectivity index (χ0) is 13.0. The van der Waals surface area contributed by atoms with Crippen LogP contribution in [-0.4, -0.2) is 10.9 Å². The molecule has 4 heteroatoms. The number of hydrogen-bond acceptors (Lipinski definition) is 2. The summed E-state index contributed by atoms with van der Waals surface area (Å²) < 4.78 is 13.6. The van der Waals surface area contributed by atoms with Gasteiger partial charge in [-0.3, -0.25) is 0 Å². The highest BCUT2D eigenvalue weighted by molar-refractivity contribution is 6.18. The first-order valence-electron chi connectivity index (χ1n) is 5.66. The second-order valence-corrected chi connectivity index (χ2v) is 4.56. The third-order valence-corrected chi connectivity index (χ3v) is 3.37. The minimum absolute atomic E-state index is 0.213. The average molecular weight is 265 g/mol. The van der Waals surface area contributed by atoms with Crippen LogP contribution in [0.1, 0.15) is 12.5 Å². The Morgan fingerprint density at radius 3 is 2.56 bits per heavy atom. The first-order chi connectivity index (χ1) is 8.65. The van der Waals surface area contributed by atoms with Crippen molar-refractivity contribution in [1.82, 2.24) is 4.98 Å². The summed E-state index contributed by atoms with van der Waals surface area (Å²) >= 11 is 6.03. The Balaban J connectivity index is 2.32. The Morgan fingerprint density at radius 2 is 1.94 bits per heavy atom. The van der Waals surface area contributed by atoms with E-state index in [0.717, 1.165) is 5.56 Å². The predicted octanol–water partition coefficient (Wildman–Crippen LogP) is 3.79. The summed E-state index contributed by atoms with van der Waals surface area (Å²) in [7, 11) is 0. The Hall–Kier alpha value is -1.61. The molecule has 0 spiro atoms. The van der Waals surface area contributed by atoms with Crippen LogP contribution in [0.5, 0.6) is 0 Å². The Morgan fingerprint density at radius 1 is 1.22 bits per heavy atom. The maximum absolute atomic E-state index is 13.6. The zero-order valence-electron chi connectivity index (χ0n) is 10.0. The van der Waals surface area contributed by atoms with Crippen molar-refractivity contribution in [3.8, 4) is 0 Å². The number of nitrogens with one attached hydrogen (secondary N) is 1. The van der Waals surface area contributed by atoms with Crippen LogP contribution in [0.2, 0.25) is 0 Å². The van der Waals surface area contributed by atoms with Gasteiger partial charge in [-0.15, -0.1) is 11.6 Å². The highest BCUT2D eigenvalue weighted by Crippen LogP contribution is 2.27. The lowest BCUT2D eigenvalue weighted by atomic mass is 9.94. The van der Waals surface area contributed by atoms with Crippen LogP contribution in [0.3, 0.4) is 0 Å². The van der Waals surface area contributed by atoms with E-state index in [4.69, 9.17) is 11.6 Å². The van der Waals surface area contributed by atoms with Gasteiger partial charge in [-0.25, -0.2) is 9.37 Å². The normalized spacial score (nSPS) is 13.9. The van der Waals surface area contributed by atoms with Gasteiger partial charge in [0.15, 0.2) is 11.6 Å². The second kappa shape index (κ2) is 5.36. The number of rotatable bonds is 4. The fourth-order valence-corrected chi connectivity index (χ4v) is 1.95. The molecule has 2 rings (SSSR count). The number of hydrogen-bond donors (Lipinski definition) is 1. The van der Waals surface area contributed by atoms with Gasteiger partial charge >= 0.3 is 0 Å². The molecule has 0 amide bonds. The number of benzene rings is 1. The molecule has 0 fully saturated rings. The summed E-state index contributed by atoms with van der Waals surface area (Å²) in [4.78, 5) is 3.99. The minimum Gasteiger partial charge on any atom is -0.357 e. The van der Waals surface area contributed by atoms with Crippen molar-refractivity contribution in [2.24, 2.45) is 0 Å². The van der Waals surface area contributed by atoms with E-state index >= 15 is 0 Å². The van der Waals surface area contributed by atoms with Gasteiger partial charge in [-0.1, -0.05) is 30.3 Å². The number of alkyl halides is 1. The van der Waals surface area contributed by atoms with Crippen molar-refractivity contribution in [3.63, 3.8) is 0 Å². The molecule has 0 saturated carbocycles. The molecular formula is C14H14ClFN2. The molecule has 1 heterocycles. The lowest BCUT2D eigenvalue weighted by molar-refractivity contribution is 0.582. The highest BCUT2D eigenvalue weighted by atomic mass is 35.5. The molecule has 0 radical (unpaired) electrons. The summed E-state index contributed by atoms with van der Waals surface area (Å²) in [6.45, 7) is 1.92. The van der Waals surface area contributed by atoms with Gasteiger partial charge in [-0.2, -0.15) is 0 Å². The van der Waals surface area contributed by atoms with Crippen LogP contribution in [0.25, 0.3) is 0 Å². The molecule has 0 aliphatic heterocycles. The lowest BCUT2D eigenvalue weighted by Gasteiger charge is -2.29. The van der Waals surface area contributed by atoms with Crippen molar-refractivity contribution >= 4 is 17.4 Å². The molecule has 18 heavy (non-hydrogen) atoms. The third-order valence-electron chi connectivity index (χ3n) is 2.83. The molecule has 1 N–H and O–H groups in total. The minimum atomic E-state index is -0.558. The van der Waals surface area contributed by atoms with Crippen LogP contribution < -0.4 is 5.32 Å². The standard InChI is InChI=1S/C14H14ClFN2/c1-14(10-15,11-6-3-2-4-7-11)18-13-12(16)8-5-9-17-13/h2-9H,10H2,1H3,(H,17,18). The lowest BCUT2D eigenvalue weighted by Crippen LogP contribution is -2.34. The van der Waals surface area contributed by atoms with Gasteiger partial charge in [0.2, 0.25) is 0 Å². The smallest absolute Gasteiger partial charge is 0.165 e. The summed E-state index contributed by atoms with van der Waals surface area (Å²) in [6, 6.07) is 12.6. The summed E-state index contributed by atoms with van der Waals surface area (Å²) in [5, 5.41) is 3.07. The van der Waals surface area contributed by atoms with Gasteiger partial charge in [0.05, 0.1) is 5.54 Å². The summed E-state index contributed by atoms with van der Waals surface area (Å²) in [5.74, 6) is 0.141. The summed E-state index contributed by atoms with van der Waals surface area (Å²) in [6.07, 6.45) is 1.55. The van der Waals surface area contributed by atoms with Crippen LogP contribution in [0, 0.1) is 5.82 Å². The van der Waals surface area contributed by atoms with Crippen LogP contribution in [0.4, 0.5) is 10.2 Å². The average Bonchev–Trinajstić information content (AvgIpc) is 2.42. The van der Waals surface area contributed by atoms with Gasteiger partial charge in [0.25, 0.3) is 0 Å². The van der Waals surface area contributed by atoms with E-state index in [-0.39, 0.29) is 11.6 Å². The molecule has 0 bridgehead atoms. The van der Waals surface area contributed by atoms with Gasteiger partial charge < -0.3 is 5.32 Å². The van der Waals surface area contributed by atoms with E-state index < -0.39 is 5.54 Å². The zero-order valence-corrected chi connectivity index (χ0v) is 10.8. The maximum atomic E-state index is 13.6. The van der Waals surface area contributed by atoms with E-state index in [1.165, 1.54) is 6.07 Å². The molecule has 0 aliphatic rings. The highest BCUT2D eigenvalue weighted by Gasteiger charge is 2.26. The number of halogens is 2. The van der Waals surface area contributed by atoms with Crippen molar-refractivity contribution in [2.75, 3.05) is 11.2 Å². The first-order valence-corrected chi connectivity index (χ1v) is 6.19. The topological polar surface area (TPSA) is 24.9 Å². The van der Waals surface area contributed by atoms with Crippen molar-refractivity contribution in [2.45, 2.75) is 12.5 Å². The van der Waals surface area contributed by atoms with Gasteiger partial charge in [-0.05, 0) is 24.6 Å². The fourth-order valence-electron chi connectivity index (χ4n) is 1.73. The molecule has 94 valence electrons. The molecule has 1 unspecified atom stereocenters. The quantitative estimate of drug-likeness (QED) is 0.850. The molecule has 0 saturated heterocycles. The number of nitrogens with zero attached hydrogens (tertiary/aromatic N) is 1. The van der Waals surface area contributed by atoms with Crippen molar-refractivity contribution in [1.29, 1.82) is 0 Å². The molecule has 1 aromatic carbocycles. The summed E-state index contributed by atoms with van der Waals surface area (Å²) in [5.41, 5.74) is 0.433. The number of aromatic nitrogens is 1. The first kappa shape index (κ1) is 12.8. The van der Waals surface area contributed by atoms with Gasteiger partial charge in [0.1, 0.15) is 0 Å². The van der Waals surface area contributed by atoms with E-state index in [2.05, 4.69) is 10.3 Å².